The maximum Gasteiger partial charge on any atom is 0.161 e. The van der Waals surface area contributed by atoms with Crippen LogP contribution in [-0.4, -0.2) is 19.3 Å². The zero-order valence-electron chi connectivity index (χ0n) is 13.0. The summed E-state index contributed by atoms with van der Waals surface area (Å²) >= 11 is 0. The first-order valence-electron chi connectivity index (χ1n) is 7.63. The average molecular weight is 280 g/mol. The molecule has 1 aromatic carbocycles. The normalized spacial score (nSPS) is 12.2. The van der Waals surface area contributed by atoms with Gasteiger partial charge in [0.25, 0.3) is 0 Å². The third-order valence-corrected chi connectivity index (χ3v) is 3.62. The quantitative estimate of drug-likeness (QED) is 0.642. The summed E-state index contributed by atoms with van der Waals surface area (Å²) in [7, 11) is 3.23. The minimum absolute atomic E-state index is 0.416. The van der Waals surface area contributed by atoms with Crippen molar-refractivity contribution in [2.24, 2.45) is 0 Å². The van der Waals surface area contributed by atoms with Gasteiger partial charge in [0.15, 0.2) is 11.5 Å². The highest BCUT2D eigenvalue weighted by Crippen LogP contribution is 2.31. The highest BCUT2D eigenvalue weighted by atomic mass is 16.5. The van der Waals surface area contributed by atoms with Gasteiger partial charge in [-0.25, -0.2) is 0 Å². The first-order chi connectivity index (χ1) is 9.72. The fourth-order valence-corrected chi connectivity index (χ4v) is 2.34. The van der Waals surface area contributed by atoms with Gasteiger partial charge in [0, 0.05) is 0 Å². The molecule has 114 valence electrons. The predicted octanol–water partition coefficient (Wildman–Crippen LogP) is 4.49. The Morgan fingerprint density at radius 2 is 1.60 bits per heavy atom. The van der Waals surface area contributed by atoms with Crippen LogP contribution in [0.15, 0.2) is 18.2 Å². The third kappa shape index (κ3) is 5.41. The van der Waals surface area contributed by atoms with Crippen molar-refractivity contribution in [1.29, 1.82) is 0 Å². The van der Waals surface area contributed by atoms with Crippen LogP contribution in [0.1, 0.15) is 63.5 Å². The Labute approximate surface area is 122 Å². The number of aliphatic hydroxyl groups is 1. The molecule has 0 saturated carbocycles. The van der Waals surface area contributed by atoms with Crippen molar-refractivity contribution < 1.29 is 14.6 Å². The van der Waals surface area contributed by atoms with Crippen molar-refractivity contribution in [3.63, 3.8) is 0 Å². The number of unbranched alkanes of at least 4 members (excludes halogenated alkanes) is 5. The highest BCUT2D eigenvalue weighted by molar-refractivity contribution is 5.43. The number of aliphatic hydroxyl groups excluding tert-OH is 1. The topological polar surface area (TPSA) is 38.7 Å². The minimum atomic E-state index is -0.416. The monoisotopic (exact) mass is 280 g/mol. The van der Waals surface area contributed by atoms with Gasteiger partial charge in [0.1, 0.15) is 0 Å². The van der Waals surface area contributed by atoms with Gasteiger partial charge >= 0.3 is 0 Å². The van der Waals surface area contributed by atoms with Crippen LogP contribution in [-0.2, 0) is 0 Å². The summed E-state index contributed by atoms with van der Waals surface area (Å²) in [5, 5.41) is 10.2. The van der Waals surface area contributed by atoms with E-state index in [1.54, 1.807) is 14.2 Å². The van der Waals surface area contributed by atoms with E-state index in [0.717, 1.165) is 18.4 Å². The lowest BCUT2D eigenvalue weighted by Gasteiger charge is -2.14. The number of ether oxygens (including phenoxy) is 2. The predicted molar refractivity (Wildman–Crippen MR) is 82.5 cm³/mol. The first kappa shape index (κ1) is 16.8. The van der Waals surface area contributed by atoms with Crippen LogP contribution >= 0.6 is 0 Å². The fraction of sp³-hybridized carbons (Fsp3) is 0.647. The molecule has 0 bridgehead atoms. The number of benzene rings is 1. The molecule has 1 rings (SSSR count). The SMILES string of the molecule is CCCCCCCCC(O)c1ccc(OC)c(OC)c1. The van der Waals surface area contributed by atoms with Gasteiger partial charge < -0.3 is 14.6 Å². The molecule has 0 spiro atoms. The van der Waals surface area contributed by atoms with Gasteiger partial charge in [-0.1, -0.05) is 51.5 Å². The zero-order valence-corrected chi connectivity index (χ0v) is 13.0. The van der Waals surface area contributed by atoms with Crippen LogP contribution in [0, 0.1) is 0 Å². The Balaban J connectivity index is 2.41. The molecule has 0 amide bonds. The summed E-state index contributed by atoms with van der Waals surface area (Å²) in [6.45, 7) is 2.22. The summed E-state index contributed by atoms with van der Waals surface area (Å²) in [6.07, 6.45) is 7.83. The summed E-state index contributed by atoms with van der Waals surface area (Å²) in [4.78, 5) is 0. The van der Waals surface area contributed by atoms with E-state index in [9.17, 15) is 5.11 Å². The lowest BCUT2D eigenvalue weighted by molar-refractivity contribution is 0.163. The van der Waals surface area contributed by atoms with E-state index in [1.807, 2.05) is 18.2 Å². The van der Waals surface area contributed by atoms with Gasteiger partial charge in [-0.05, 0) is 24.1 Å². The van der Waals surface area contributed by atoms with Gasteiger partial charge in [0.2, 0.25) is 0 Å². The van der Waals surface area contributed by atoms with E-state index in [4.69, 9.17) is 9.47 Å². The second-order valence-electron chi connectivity index (χ2n) is 5.19. The van der Waals surface area contributed by atoms with E-state index in [-0.39, 0.29) is 0 Å². The summed E-state index contributed by atoms with van der Waals surface area (Å²) in [6, 6.07) is 5.61. The Morgan fingerprint density at radius 1 is 0.950 bits per heavy atom. The van der Waals surface area contributed by atoms with Crippen LogP contribution in [0.3, 0.4) is 0 Å². The Hall–Kier alpha value is -1.22. The van der Waals surface area contributed by atoms with Crippen molar-refractivity contribution in [3.05, 3.63) is 23.8 Å². The van der Waals surface area contributed by atoms with Crippen molar-refractivity contribution in [2.75, 3.05) is 14.2 Å². The van der Waals surface area contributed by atoms with Crippen molar-refractivity contribution >= 4 is 0 Å². The molecule has 0 radical (unpaired) electrons. The van der Waals surface area contributed by atoms with E-state index < -0.39 is 6.10 Å². The van der Waals surface area contributed by atoms with Crippen molar-refractivity contribution in [1.82, 2.24) is 0 Å². The van der Waals surface area contributed by atoms with E-state index in [1.165, 1.54) is 32.1 Å². The number of rotatable bonds is 10. The molecule has 3 nitrogen and oxygen atoms in total. The highest BCUT2D eigenvalue weighted by Gasteiger charge is 2.11. The standard InChI is InChI=1S/C17H28O3/c1-4-5-6-7-8-9-10-15(18)14-11-12-16(19-2)17(13-14)20-3/h11-13,15,18H,4-10H2,1-3H3. The molecule has 1 N–H and O–H groups in total. The summed E-state index contributed by atoms with van der Waals surface area (Å²) < 4.78 is 10.5. The molecule has 0 heterocycles. The van der Waals surface area contributed by atoms with E-state index in [0.29, 0.717) is 11.5 Å². The van der Waals surface area contributed by atoms with Crippen LogP contribution in [0.2, 0.25) is 0 Å². The maximum absolute atomic E-state index is 10.2. The molecule has 0 aliphatic heterocycles. The number of methoxy groups -OCH3 is 2. The molecule has 0 aliphatic rings. The molecule has 0 fully saturated rings. The fourth-order valence-electron chi connectivity index (χ4n) is 2.34. The molecule has 1 aromatic rings. The Bertz CT molecular complexity index is 376. The molecular formula is C17H28O3. The number of hydrogen-bond donors (Lipinski definition) is 1. The molecule has 1 unspecified atom stereocenters. The maximum atomic E-state index is 10.2. The van der Waals surface area contributed by atoms with Gasteiger partial charge in [-0.3, -0.25) is 0 Å². The van der Waals surface area contributed by atoms with E-state index >= 15 is 0 Å². The molecule has 1 atom stereocenters. The largest absolute Gasteiger partial charge is 0.493 e. The average Bonchev–Trinajstić information content (AvgIpc) is 2.49. The lowest BCUT2D eigenvalue weighted by Crippen LogP contribution is -1.99. The van der Waals surface area contributed by atoms with Crippen molar-refractivity contribution in [2.45, 2.75) is 58.0 Å². The molecule has 0 aliphatic carbocycles. The van der Waals surface area contributed by atoms with Crippen LogP contribution < -0.4 is 9.47 Å². The third-order valence-electron chi connectivity index (χ3n) is 3.62. The van der Waals surface area contributed by atoms with Gasteiger partial charge in [0.05, 0.1) is 20.3 Å². The van der Waals surface area contributed by atoms with E-state index in [2.05, 4.69) is 6.92 Å². The van der Waals surface area contributed by atoms with Gasteiger partial charge in [-0.15, -0.1) is 0 Å². The van der Waals surface area contributed by atoms with Gasteiger partial charge in [-0.2, -0.15) is 0 Å². The Kier molecular flexibility index (Phi) is 8.12. The summed E-state index contributed by atoms with van der Waals surface area (Å²) in [5.41, 5.74) is 0.899. The Morgan fingerprint density at radius 3 is 2.25 bits per heavy atom. The minimum Gasteiger partial charge on any atom is -0.493 e. The summed E-state index contributed by atoms with van der Waals surface area (Å²) in [5.74, 6) is 1.37. The molecule has 0 saturated heterocycles. The van der Waals surface area contributed by atoms with Crippen molar-refractivity contribution in [3.8, 4) is 11.5 Å². The molecule has 20 heavy (non-hydrogen) atoms. The molecular weight excluding hydrogens is 252 g/mol. The molecule has 0 aromatic heterocycles. The van der Waals surface area contributed by atoms with Crippen LogP contribution in [0.5, 0.6) is 11.5 Å². The van der Waals surface area contributed by atoms with Crippen LogP contribution in [0.4, 0.5) is 0 Å². The first-order valence-corrected chi connectivity index (χ1v) is 7.63. The molecule has 3 heteroatoms. The zero-order chi connectivity index (χ0) is 14.8. The second kappa shape index (κ2) is 9.65. The number of hydrogen-bond acceptors (Lipinski definition) is 3. The smallest absolute Gasteiger partial charge is 0.161 e. The van der Waals surface area contributed by atoms with Crippen LogP contribution in [0.25, 0.3) is 0 Å². The lowest BCUT2D eigenvalue weighted by atomic mass is 10.0. The second-order valence-corrected chi connectivity index (χ2v) is 5.19.